The van der Waals surface area contributed by atoms with Gasteiger partial charge in [-0.15, -0.1) is 0 Å². The minimum Gasteiger partial charge on any atom is -0.352 e. The van der Waals surface area contributed by atoms with E-state index < -0.39 is 27.9 Å². The Morgan fingerprint density at radius 3 is 2.12 bits per heavy atom. The minimum atomic E-state index is -3.74. The number of carbonyl (C=O) groups excluding carboxylic acids is 2. The third kappa shape index (κ3) is 4.50. The number of hydrogen-bond donors (Lipinski definition) is 2. The minimum absolute atomic E-state index is 0.00845. The molecule has 0 saturated carbocycles. The smallest absolute Gasteiger partial charge is 0.312 e. The lowest BCUT2D eigenvalue weighted by molar-refractivity contribution is -0.135. The van der Waals surface area contributed by atoms with E-state index in [1.807, 2.05) is 0 Å². The predicted octanol–water partition coefficient (Wildman–Crippen LogP) is 0.352. The Hall–Kier alpha value is -2.20. The summed E-state index contributed by atoms with van der Waals surface area (Å²) in [5.74, 6) is -0.963. The Morgan fingerprint density at radius 2 is 1.65 bits per heavy atom. The highest BCUT2D eigenvalue weighted by atomic mass is 32.2. The SMILES string of the molecule is CC(C)[C@@H](NC(N)=O)C(=O)N1CCN(S(=O)(=O)c2ccc(F)cc2)CC1. The summed E-state index contributed by atoms with van der Waals surface area (Å²) >= 11 is 0. The first-order valence-corrected chi connectivity index (χ1v) is 9.67. The Kier molecular flexibility index (Phi) is 6.19. The number of primary amides is 1. The van der Waals surface area contributed by atoms with E-state index >= 15 is 0 Å². The van der Waals surface area contributed by atoms with E-state index in [-0.39, 0.29) is 42.9 Å². The molecule has 1 saturated heterocycles. The van der Waals surface area contributed by atoms with Crippen LogP contribution in [0.5, 0.6) is 0 Å². The molecule has 0 bridgehead atoms. The molecule has 26 heavy (non-hydrogen) atoms. The molecule has 144 valence electrons. The van der Waals surface area contributed by atoms with Gasteiger partial charge in [-0.3, -0.25) is 4.79 Å². The first kappa shape index (κ1) is 20.1. The van der Waals surface area contributed by atoms with Crippen LogP contribution in [0.4, 0.5) is 9.18 Å². The highest BCUT2D eigenvalue weighted by Crippen LogP contribution is 2.19. The van der Waals surface area contributed by atoms with Crippen LogP contribution in [0.15, 0.2) is 29.2 Å². The van der Waals surface area contributed by atoms with Crippen molar-refractivity contribution in [2.75, 3.05) is 26.2 Å². The van der Waals surface area contributed by atoms with Crippen molar-refractivity contribution in [1.29, 1.82) is 0 Å². The van der Waals surface area contributed by atoms with Crippen LogP contribution < -0.4 is 11.1 Å². The van der Waals surface area contributed by atoms with Crippen LogP contribution in [-0.2, 0) is 14.8 Å². The molecule has 0 aromatic heterocycles. The van der Waals surface area contributed by atoms with E-state index in [1.165, 1.54) is 21.3 Å². The number of nitrogens with two attached hydrogens (primary N) is 1. The molecule has 1 fully saturated rings. The van der Waals surface area contributed by atoms with Crippen LogP contribution >= 0.6 is 0 Å². The van der Waals surface area contributed by atoms with E-state index in [1.54, 1.807) is 13.8 Å². The van der Waals surface area contributed by atoms with Crippen molar-refractivity contribution in [3.8, 4) is 0 Å². The molecule has 0 radical (unpaired) electrons. The number of hydrogen-bond acceptors (Lipinski definition) is 4. The zero-order chi connectivity index (χ0) is 19.5. The predicted molar refractivity (Wildman–Crippen MR) is 93.1 cm³/mol. The van der Waals surface area contributed by atoms with E-state index in [0.717, 1.165) is 12.1 Å². The average molecular weight is 386 g/mol. The van der Waals surface area contributed by atoms with Crippen LogP contribution in [0, 0.1) is 11.7 Å². The van der Waals surface area contributed by atoms with Crippen LogP contribution in [0.2, 0.25) is 0 Å². The second-order valence-corrected chi connectivity index (χ2v) is 8.35. The van der Waals surface area contributed by atoms with Gasteiger partial charge in [0.25, 0.3) is 0 Å². The number of sulfonamides is 1. The lowest BCUT2D eigenvalue weighted by atomic mass is 10.0. The summed E-state index contributed by atoms with van der Waals surface area (Å²) in [5.41, 5.74) is 5.12. The fraction of sp³-hybridized carbons (Fsp3) is 0.500. The average Bonchev–Trinajstić information content (AvgIpc) is 2.59. The molecule has 3 N–H and O–H groups in total. The second-order valence-electron chi connectivity index (χ2n) is 6.41. The number of nitrogens with zero attached hydrogens (tertiary/aromatic N) is 2. The number of urea groups is 1. The van der Waals surface area contributed by atoms with E-state index in [9.17, 15) is 22.4 Å². The maximum absolute atomic E-state index is 13.0. The summed E-state index contributed by atoms with van der Waals surface area (Å²) in [5, 5.41) is 2.43. The molecule has 0 unspecified atom stereocenters. The van der Waals surface area contributed by atoms with Crippen LogP contribution in [0.25, 0.3) is 0 Å². The van der Waals surface area contributed by atoms with Crippen LogP contribution in [-0.4, -0.2) is 61.8 Å². The van der Waals surface area contributed by atoms with E-state index in [0.29, 0.717) is 0 Å². The van der Waals surface area contributed by atoms with Gasteiger partial charge in [0.05, 0.1) is 4.90 Å². The van der Waals surface area contributed by atoms with Gasteiger partial charge in [-0.25, -0.2) is 17.6 Å². The monoisotopic (exact) mass is 386 g/mol. The zero-order valence-corrected chi connectivity index (χ0v) is 15.5. The van der Waals surface area contributed by atoms with Gasteiger partial charge in [-0.1, -0.05) is 13.8 Å². The van der Waals surface area contributed by atoms with Crippen molar-refractivity contribution in [2.24, 2.45) is 11.7 Å². The number of piperazine rings is 1. The molecule has 1 aromatic rings. The zero-order valence-electron chi connectivity index (χ0n) is 14.7. The summed E-state index contributed by atoms with van der Waals surface area (Å²) in [6, 6.07) is 3.08. The number of rotatable bonds is 5. The van der Waals surface area contributed by atoms with E-state index in [4.69, 9.17) is 5.73 Å². The summed E-state index contributed by atoms with van der Waals surface area (Å²) in [6.45, 7) is 4.20. The molecule has 3 amide bonds. The fourth-order valence-corrected chi connectivity index (χ4v) is 4.19. The number of halogens is 1. The molecule has 1 aliphatic rings. The van der Waals surface area contributed by atoms with Crippen molar-refractivity contribution >= 4 is 22.0 Å². The van der Waals surface area contributed by atoms with Gasteiger partial charge in [0.15, 0.2) is 0 Å². The lowest BCUT2D eigenvalue weighted by Gasteiger charge is -2.36. The lowest BCUT2D eigenvalue weighted by Crippen LogP contribution is -2.57. The fourth-order valence-electron chi connectivity index (χ4n) is 2.77. The highest BCUT2D eigenvalue weighted by Gasteiger charge is 2.33. The maximum atomic E-state index is 13.0. The first-order valence-electron chi connectivity index (χ1n) is 8.23. The first-order chi connectivity index (χ1) is 12.1. The van der Waals surface area contributed by atoms with Crippen LogP contribution in [0.3, 0.4) is 0 Å². The van der Waals surface area contributed by atoms with Gasteiger partial charge >= 0.3 is 6.03 Å². The molecule has 10 heteroatoms. The molecule has 1 aromatic carbocycles. The maximum Gasteiger partial charge on any atom is 0.312 e. The van der Waals surface area contributed by atoms with Crippen molar-refractivity contribution in [3.63, 3.8) is 0 Å². The highest BCUT2D eigenvalue weighted by molar-refractivity contribution is 7.89. The molecular weight excluding hydrogens is 363 g/mol. The van der Waals surface area contributed by atoms with Crippen molar-refractivity contribution < 1.29 is 22.4 Å². The number of amides is 3. The summed E-state index contributed by atoms with van der Waals surface area (Å²) < 4.78 is 39.4. The van der Waals surface area contributed by atoms with Gasteiger partial charge in [0.2, 0.25) is 15.9 Å². The molecular formula is C16H23FN4O4S. The largest absolute Gasteiger partial charge is 0.352 e. The standard InChI is InChI=1S/C16H23FN4O4S/c1-11(2)14(19-16(18)23)15(22)20-7-9-21(10-8-20)26(24,25)13-5-3-12(17)4-6-13/h3-6,11,14H,7-10H2,1-2H3,(H3,18,19,23)/t14-/m1/s1. The summed E-state index contributed by atoms with van der Waals surface area (Å²) in [7, 11) is -3.74. The molecule has 1 heterocycles. The summed E-state index contributed by atoms with van der Waals surface area (Å²) in [6.07, 6.45) is 0. The molecule has 1 aliphatic heterocycles. The Balaban J connectivity index is 2.05. The quantitative estimate of drug-likeness (QED) is 0.760. The Morgan fingerprint density at radius 1 is 1.12 bits per heavy atom. The Bertz CT molecular complexity index is 759. The van der Waals surface area contributed by atoms with Gasteiger partial charge in [0.1, 0.15) is 11.9 Å². The molecule has 2 rings (SSSR count). The molecule has 8 nitrogen and oxygen atoms in total. The molecule has 1 atom stereocenters. The van der Waals surface area contributed by atoms with Gasteiger partial charge in [-0.05, 0) is 30.2 Å². The van der Waals surface area contributed by atoms with Gasteiger partial charge in [0, 0.05) is 26.2 Å². The number of carbonyl (C=O) groups is 2. The van der Waals surface area contributed by atoms with Crippen molar-refractivity contribution in [2.45, 2.75) is 24.8 Å². The van der Waals surface area contributed by atoms with Crippen molar-refractivity contribution in [3.05, 3.63) is 30.1 Å². The third-order valence-electron chi connectivity index (χ3n) is 4.23. The Labute approximate surface area is 152 Å². The van der Waals surface area contributed by atoms with Gasteiger partial charge < -0.3 is 16.0 Å². The normalized spacial score (nSPS) is 17.2. The van der Waals surface area contributed by atoms with Crippen molar-refractivity contribution in [1.82, 2.24) is 14.5 Å². The number of benzene rings is 1. The third-order valence-corrected chi connectivity index (χ3v) is 6.15. The second kappa shape index (κ2) is 8.00. The van der Waals surface area contributed by atoms with Gasteiger partial charge in [-0.2, -0.15) is 4.31 Å². The van der Waals surface area contributed by atoms with E-state index in [2.05, 4.69) is 5.32 Å². The molecule has 0 aliphatic carbocycles. The topological polar surface area (TPSA) is 113 Å². The summed E-state index contributed by atoms with van der Waals surface area (Å²) in [4.78, 5) is 25.2. The molecule has 0 spiro atoms. The van der Waals surface area contributed by atoms with Crippen LogP contribution in [0.1, 0.15) is 13.8 Å². The number of nitrogens with one attached hydrogen (secondary N) is 1.